The van der Waals surface area contributed by atoms with Crippen molar-refractivity contribution >= 4 is 17.9 Å². The summed E-state index contributed by atoms with van der Waals surface area (Å²) in [4.78, 5) is 37.2. The normalized spacial score (nSPS) is 40.5. The second-order valence-corrected chi connectivity index (χ2v) is 8.53. The Morgan fingerprint density at radius 3 is 2.52 bits per heavy atom. The summed E-state index contributed by atoms with van der Waals surface area (Å²) in [5.41, 5.74) is 2.15. The molecule has 7 atom stereocenters. The first-order chi connectivity index (χ1) is 13.6. The summed E-state index contributed by atoms with van der Waals surface area (Å²) in [5, 5.41) is 0. The van der Waals surface area contributed by atoms with Crippen molar-refractivity contribution < 1.29 is 33.3 Å². The summed E-state index contributed by atoms with van der Waals surface area (Å²) in [6.45, 7) is 12.5. The minimum Gasteiger partial charge on any atom is -0.457 e. The van der Waals surface area contributed by atoms with E-state index in [0.29, 0.717) is 6.42 Å². The maximum Gasteiger partial charge on any atom is 0.341 e. The smallest absolute Gasteiger partial charge is 0.341 e. The average Bonchev–Trinajstić information content (AvgIpc) is 2.97. The van der Waals surface area contributed by atoms with Crippen LogP contribution in [0.2, 0.25) is 0 Å². The van der Waals surface area contributed by atoms with E-state index < -0.39 is 47.7 Å². The number of ether oxygens (including phenoxy) is 4. The largest absolute Gasteiger partial charge is 0.457 e. The van der Waals surface area contributed by atoms with E-state index in [2.05, 4.69) is 12.7 Å². The van der Waals surface area contributed by atoms with Gasteiger partial charge < -0.3 is 18.9 Å². The van der Waals surface area contributed by atoms with Crippen LogP contribution in [0, 0.1) is 11.8 Å². The highest BCUT2D eigenvalue weighted by Gasteiger charge is 2.60. The van der Waals surface area contributed by atoms with Gasteiger partial charge in [-0.3, -0.25) is 4.79 Å². The van der Waals surface area contributed by atoms with Gasteiger partial charge in [0.2, 0.25) is 0 Å². The van der Waals surface area contributed by atoms with Crippen molar-refractivity contribution in [3.63, 3.8) is 0 Å². The zero-order valence-electron chi connectivity index (χ0n) is 17.3. The number of carbonyl (C=O) groups is 3. The van der Waals surface area contributed by atoms with Gasteiger partial charge in [0.25, 0.3) is 0 Å². The number of hydrogen-bond acceptors (Lipinski definition) is 7. The van der Waals surface area contributed by atoms with Gasteiger partial charge in [0, 0.05) is 18.4 Å². The van der Waals surface area contributed by atoms with Crippen molar-refractivity contribution in [3.8, 4) is 0 Å². The molecule has 2 aliphatic carbocycles. The van der Waals surface area contributed by atoms with Crippen LogP contribution in [0.15, 0.2) is 34.9 Å². The van der Waals surface area contributed by atoms with Crippen LogP contribution in [-0.2, 0) is 33.3 Å². The summed E-state index contributed by atoms with van der Waals surface area (Å²) in [7, 11) is 0. The van der Waals surface area contributed by atoms with E-state index in [1.54, 1.807) is 13.8 Å². The molecule has 2 fully saturated rings. The van der Waals surface area contributed by atoms with E-state index in [9.17, 15) is 14.4 Å². The molecule has 4 aliphatic rings. The minimum absolute atomic E-state index is 0.142. The second-order valence-electron chi connectivity index (χ2n) is 8.53. The first kappa shape index (κ1) is 19.9. The van der Waals surface area contributed by atoms with E-state index in [1.165, 1.54) is 6.92 Å². The van der Waals surface area contributed by atoms with Crippen molar-refractivity contribution in [2.24, 2.45) is 11.8 Å². The molecule has 4 rings (SSSR count). The SMILES string of the molecule is C=C1C(=O)O[C@@H]2[C@H]3C(C)=CCC3=C(C)[C@@H](OC(=O)[C@]3(C)O[C@@H]3C)[C@H](OC(C)=O)[C@@H]12. The van der Waals surface area contributed by atoms with Gasteiger partial charge in [-0.1, -0.05) is 23.8 Å². The lowest BCUT2D eigenvalue weighted by Crippen LogP contribution is -2.45. The molecule has 0 radical (unpaired) electrons. The van der Waals surface area contributed by atoms with Crippen LogP contribution in [0.5, 0.6) is 0 Å². The first-order valence-electron chi connectivity index (χ1n) is 9.88. The van der Waals surface area contributed by atoms with E-state index in [-0.39, 0.29) is 17.6 Å². The Morgan fingerprint density at radius 1 is 1.28 bits per heavy atom. The molecule has 0 spiro atoms. The molecule has 0 unspecified atom stereocenters. The van der Waals surface area contributed by atoms with Crippen LogP contribution < -0.4 is 0 Å². The third-order valence-electron chi connectivity index (χ3n) is 6.77. The van der Waals surface area contributed by atoms with Crippen molar-refractivity contribution in [1.29, 1.82) is 0 Å². The summed E-state index contributed by atoms with van der Waals surface area (Å²) >= 11 is 0. The molecule has 2 aliphatic heterocycles. The standard InChI is InChI=1S/C22H26O7/c1-9-7-8-14-10(2)17(28-21(25)22(6)12(4)29-22)19(26-13(5)23)16-11(3)20(24)27-18(16)15(9)14/h7,12,15-19H,3,8H2,1-2,4-6H3/t12-,15+,16+,17-,18-,19-,22-/m1/s1. The van der Waals surface area contributed by atoms with Crippen molar-refractivity contribution in [3.05, 3.63) is 34.9 Å². The van der Waals surface area contributed by atoms with Gasteiger partial charge in [0.1, 0.15) is 6.10 Å². The van der Waals surface area contributed by atoms with E-state index >= 15 is 0 Å². The molecule has 0 aromatic rings. The van der Waals surface area contributed by atoms with Gasteiger partial charge >= 0.3 is 17.9 Å². The molecular weight excluding hydrogens is 376 g/mol. The summed E-state index contributed by atoms with van der Waals surface area (Å²) in [6.07, 6.45) is 0.220. The predicted molar refractivity (Wildman–Crippen MR) is 101 cm³/mol. The molecule has 0 amide bonds. The third kappa shape index (κ3) is 2.94. The number of epoxide rings is 1. The Hall–Kier alpha value is -2.41. The third-order valence-corrected chi connectivity index (χ3v) is 6.77. The molecule has 156 valence electrons. The Balaban J connectivity index is 1.79. The fourth-order valence-corrected chi connectivity index (χ4v) is 4.81. The average molecular weight is 402 g/mol. The lowest BCUT2D eigenvalue weighted by atomic mass is 9.82. The van der Waals surface area contributed by atoms with E-state index in [1.807, 2.05) is 13.8 Å². The predicted octanol–water partition coefficient (Wildman–Crippen LogP) is 2.40. The lowest BCUT2D eigenvalue weighted by molar-refractivity contribution is -0.171. The van der Waals surface area contributed by atoms with E-state index in [0.717, 1.165) is 16.7 Å². The van der Waals surface area contributed by atoms with E-state index in [4.69, 9.17) is 18.9 Å². The summed E-state index contributed by atoms with van der Waals surface area (Å²) in [6, 6.07) is 0. The number of allylic oxidation sites excluding steroid dienone is 1. The molecule has 0 aromatic carbocycles. The van der Waals surface area contributed by atoms with Gasteiger partial charge in [-0.15, -0.1) is 0 Å². The van der Waals surface area contributed by atoms with Crippen LogP contribution in [-0.4, -0.2) is 47.9 Å². The monoisotopic (exact) mass is 402 g/mol. The number of carbonyl (C=O) groups excluding carboxylic acids is 3. The fourth-order valence-electron chi connectivity index (χ4n) is 4.81. The topological polar surface area (TPSA) is 91.4 Å². The fraction of sp³-hybridized carbons (Fsp3) is 0.591. The van der Waals surface area contributed by atoms with Crippen LogP contribution >= 0.6 is 0 Å². The maximum absolute atomic E-state index is 12.8. The summed E-state index contributed by atoms with van der Waals surface area (Å²) in [5.74, 6) is -2.29. The molecule has 29 heavy (non-hydrogen) atoms. The number of esters is 3. The highest BCUT2D eigenvalue weighted by atomic mass is 16.7. The second kappa shape index (κ2) is 6.55. The number of hydrogen-bond donors (Lipinski definition) is 0. The Morgan fingerprint density at radius 2 is 1.93 bits per heavy atom. The molecular formula is C22H26O7. The van der Waals surface area contributed by atoms with Crippen molar-refractivity contribution in [2.45, 2.75) is 71.1 Å². The molecule has 7 heteroatoms. The Kier molecular flexibility index (Phi) is 4.49. The highest BCUT2D eigenvalue weighted by Crippen LogP contribution is 2.50. The van der Waals surface area contributed by atoms with Gasteiger partial charge in [0.15, 0.2) is 17.8 Å². The highest BCUT2D eigenvalue weighted by molar-refractivity contribution is 5.91. The zero-order chi connectivity index (χ0) is 21.2. The quantitative estimate of drug-likeness (QED) is 0.235. The van der Waals surface area contributed by atoms with Gasteiger partial charge in [-0.2, -0.15) is 0 Å². The van der Waals surface area contributed by atoms with Crippen molar-refractivity contribution in [2.75, 3.05) is 0 Å². The van der Waals surface area contributed by atoms with Gasteiger partial charge in [-0.25, -0.2) is 9.59 Å². The molecule has 0 N–H and O–H groups in total. The first-order valence-corrected chi connectivity index (χ1v) is 9.88. The minimum atomic E-state index is -1.01. The van der Waals surface area contributed by atoms with Crippen LogP contribution in [0.3, 0.4) is 0 Å². The van der Waals surface area contributed by atoms with Gasteiger partial charge in [-0.05, 0) is 39.7 Å². The molecule has 0 aromatic heterocycles. The number of rotatable bonds is 3. The molecule has 2 saturated heterocycles. The number of fused-ring (bicyclic) bond motifs is 3. The van der Waals surface area contributed by atoms with Crippen LogP contribution in [0.25, 0.3) is 0 Å². The summed E-state index contributed by atoms with van der Waals surface area (Å²) < 4.78 is 22.6. The molecule has 2 heterocycles. The molecule has 0 saturated carbocycles. The van der Waals surface area contributed by atoms with Gasteiger partial charge in [0.05, 0.1) is 12.0 Å². The molecule has 0 bridgehead atoms. The van der Waals surface area contributed by atoms with Crippen molar-refractivity contribution in [1.82, 2.24) is 0 Å². The zero-order valence-corrected chi connectivity index (χ0v) is 17.3. The Bertz CT molecular complexity index is 882. The Labute approximate surface area is 169 Å². The maximum atomic E-state index is 12.8. The van der Waals surface area contributed by atoms with Crippen LogP contribution in [0.4, 0.5) is 0 Å². The molecule has 7 nitrogen and oxygen atoms in total. The lowest BCUT2D eigenvalue weighted by Gasteiger charge is -2.32. The van der Waals surface area contributed by atoms with Crippen LogP contribution in [0.1, 0.15) is 41.0 Å².